The average molecular weight is 259 g/mol. The lowest BCUT2D eigenvalue weighted by molar-refractivity contribution is -0.147. The Morgan fingerprint density at radius 2 is 1.94 bits per heavy atom. The Kier molecular flexibility index (Phi) is 11.1. The van der Waals surface area contributed by atoms with E-state index in [-0.39, 0.29) is 18.1 Å². The van der Waals surface area contributed by atoms with Crippen molar-refractivity contribution in [3.05, 3.63) is 0 Å². The van der Waals surface area contributed by atoms with Gasteiger partial charge in [-0.15, -0.1) is 0 Å². The molecule has 0 aromatic rings. The number of hydrogen-bond acceptors (Lipinski definition) is 4. The summed E-state index contributed by atoms with van der Waals surface area (Å²) in [6.45, 7) is 6.86. The quantitative estimate of drug-likeness (QED) is 0.457. The summed E-state index contributed by atoms with van der Waals surface area (Å²) in [6.07, 6.45) is 6.25. The minimum Gasteiger partial charge on any atom is -0.465 e. The molecule has 108 valence electrons. The van der Waals surface area contributed by atoms with Gasteiger partial charge < -0.3 is 14.8 Å². The Bertz CT molecular complexity index is 209. The van der Waals surface area contributed by atoms with Crippen molar-refractivity contribution in [2.75, 3.05) is 20.3 Å². The molecule has 0 spiro atoms. The van der Waals surface area contributed by atoms with Gasteiger partial charge in [0.2, 0.25) is 0 Å². The molecule has 0 aromatic heterocycles. The van der Waals surface area contributed by atoms with Gasteiger partial charge in [-0.2, -0.15) is 0 Å². The summed E-state index contributed by atoms with van der Waals surface area (Å²) >= 11 is 0. The first-order valence-corrected chi connectivity index (χ1v) is 7.11. The van der Waals surface area contributed by atoms with Crippen LogP contribution in [-0.2, 0) is 14.3 Å². The van der Waals surface area contributed by atoms with Crippen LogP contribution in [0.5, 0.6) is 0 Å². The van der Waals surface area contributed by atoms with Crippen molar-refractivity contribution in [3.8, 4) is 0 Å². The van der Waals surface area contributed by atoms with Crippen LogP contribution < -0.4 is 5.32 Å². The fourth-order valence-corrected chi connectivity index (χ4v) is 1.71. The summed E-state index contributed by atoms with van der Waals surface area (Å²) < 4.78 is 10.6. The molecule has 2 unspecified atom stereocenters. The number of likely N-dealkylation sites (N-methyl/N-ethyl adjacent to an activating group) is 1. The molecule has 0 aliphatic heterocycles. The minimum absolute atomic E-state index is 0.201. The van der Waals surface area contributed by atoms with Crippen LogP contribution in [0.25, 0.3) is 0 Å². The van der Waals surface area contributed by atoms with Crippen molar-refractivity contribution in [2.45, 2.75) is 65.0 Å². The van der Waals surface area contributed by atoms with Gasteiger partial charge >= 0.3 is 5.97 Å². The van der Waals surface area contributed by atoms with Crippen LogP contribution in [0.3, 0.4) is 0 Å². The van der Waals surface area contributed by atoms with Crippen molar-refractivity contribution >= 4 is 5.97 Å². The summed E-state index contributed by atoms with van der Waals surface area (Å²) in [5.74, 6) is -0.238. The summed E-state index contributed by atoms with van der Waals surface area (Å²) in [7, 11) is 1.75. The van der Waals surface area contributed by atoms with E-state index in [1.165, 1.54) is 25.7 Å². The molecular weight excluding hydrogens is 230 g/mol. The Hall–Kier alpha value is -0.610. The Morgan fingerprint density at radius 3 is 2.50 bits per heavy atom. The van der Waals surface area contributed by atoms with E-state index >= 15 is 0 Å². The van der Waals surface area contributed by atoms with Gasteiger partial charge in [-0.05, 0) is 27.3 Å². The maximum Gasteiger partial charge on any atom is 0.325 e. The van der Waals surface area contributed by atoms with E-state index in [2.05, 4.69) is 19.2 Å². The number of esters is 1. The third kappa shape index (κ3) is 8.48. The predicted octanol–water partition coefficient (Wildman–Crippen LogP) is 2.51. The highest BCUT2D eigenvalue weighted by atomic mass is 16.5. The smallest absolute Gasteiger partial charge is 0.325 e. The topological polar surface area (TPSA) is 47.6 Å². The zero-order chi connectivity index (χ0) is 13.8. The summed E-state index contributed by atoms with van der Waals surface area (Å²) in [4.78, 5) is 11.5. The number of nitrogens with one attached hydrogen (secondary N) is 1. The average Bonchev–Trinajstić information content (AvgIpc) is 2.36. The maximum absolute atomic E-state index is 11.5. The highest BCUT2D eigenvalue weighted by Crippen LogP contribution is 2.08. The molecule has 0 aliphatic rings. The lowest BCUT2D eigenvalue weighted by Gasteiger charge is -2.18. The molecule has 0 rings (SSSR count). The second kappa shape index (κ2) is 11.5. The van der Waals surface area contributed by atoms with E-state index in [1.54, 1.807) is 7.05 Å². The molecule has 0 heterocycles. The van der Waals surface area contributed by atoms with E-state index in [4.69, 9.17) is 9.47 Å². The number of carbonyl (C=O) groups is 1. The minimum atomic E-state index is -0.358. The number of ether oxygens (including phenoxy) is 2. The van der Waals surface area contributed by atoms with Gasteiger partial charge in [-0.25, -0.2) is 0 Å². The van der Waals surface area contributed by atoms with E-state index < -0.39 is 0 Å². The monoisotopic (exact) mass is 259 g/mol. The fraction of sp³-hybridized carbons (Fsp3) is 0.929. The first kappa shape index (κ1) is 17.4. The van der Waals surface area contributed by atoms with Crippen LogP contribution in [0.15, 0.2) is 0 Å². The molecular formula is C14H29NO3. The van der Waals surface area contributed by atoms with Gasteiger partial charge in [-0.1, -0.05) is 32.6 Å². The third-order valence-electron chi connectivity index (χ3n) is 2.93. The van der Waals surface area contributed by atoms with Crippen molar-refractivity contribution in [2.24, 2.45) is 0 Å². The Labute approximate surface area is 111 Å². The van der Waals surface area contributed by atoms with Crippen LogP contribution >= 0.6 is 0 Å². The highest BCUT2D eigenvalue weighted by molar-refractivity contribution is 5.75. The molecule has 18 heavy (non-hydrogen) atoms. The van der Waals surface area contributed by atoms with Crippen molar-refractivity contribution in [3.63, 3.8) is 0 Å². The first-order valence-electron chi connectivity index (χ1n) is 7.11. The molecule has 0 fully saturated rings. The van der Waals surface area contributed by atoms with Crippen LogP contribution in [-0.4, -0.2) is 38.4 Å². The van der Waals surface area contributed by atoms with E-state index in [0.717, 1.165) is 6.42 Å². The van der Waals surface area contributed by atoms with Crippen LogP contribution in [0.2, 0.25) is 0 Å². The van der Waals surface area contributed by atoms with Crippen LogP contribution in [0.4, 0.5) is 0 Å². The first-order chi connectivity index (χ1) is 8.65. The number of rotatable bonds is 11. The fourth-order valence-electron chi connectivity index (χ4n) is 1.71. The van der Waals surface area contributed by atoms with Crippen molar-refractivity contribution < 1.29 is 14.3 Å². The standard InChI is InChI=1S/C14H29NO3/c1-5-7-8-9-10-12(3)18-11-13(15-4)14(16)17-6-2/h12-13,15H,5-11H2,1-4H3. The Balaban J connectivity index is 3.73. The molecule has 0 saturated carbocycles. The molecule has 0 saturated heterocycles. The molecule has 0 amide bonds. The van der Waals surface area contributed by atoms with E-state index in [9.17, 15) is 4.79 Å². The summed E-state index contributed by atoms with van der Waals surface area (Å²) in [6, 6.07) is -0.358. The van der Waals surface area contributed by atoms with E-state index in [1.807, 2.05) is 6.92 Å². The van der Waals surface area contributed by atoms with Crippen LogP contribution in [0, 0.1) is 0 Å². The van der Waals surface area contributed by atoms with Gasteiger partial charge in [0.1, 0.15) is 6.04 Å². The van der Waals surface area contributed by atoms with E-state index in [0.29, 0.717) is 13.2 Å². The molecule has 1 N–H and O–H groups in total. The van der Waals surface area contributed by atoms with Gasteiger partial charge in [-0.3, -0.25) is 4.79 Å². The molecule has 0 bridgehead atoms. The molecule has 2 atom stereocenters. The SMILES string of the molecule is CCCCCCC(C)OCC(NC)C(=O)OCC. The largest absolute Gasteiger partial charge is 0.465 e. The number of unbranched alkanes of at least 4 members (excludes halogenated alkanes) is 3. The number of carbonyl (C=O) groups excluding carboxylic acids is 1. The second-order valence-corrected chi connectivity index (χ2v) is 4.59. The number of hydrogen-bond donors (Lipinski definition) is 1. The van der Waals surface area contributed by atoms with Crippen molar-refractivity contribution in [1.82, 2.24) is 5.32 Å². The third-order valence-corrected chi connectivity index (χ3v) is 2.93. The van der Waals surface area contributed by atoms with Gasteiger partial charge in [0.15, 0.2) is 0 Å². The molecule has 0 aromatic carbocycles. The van der Waals surface area contributed by atoms with Gasteiger partial charge in [0.05, 0.1) is 19.3 Å². The summed E-state index contributed by atoms with van der Waals surface area (Å²) in [5.41, 5.74) is 0. The zero-order valence-corrected chi connectivity index (χ0v) is 12.3. The highest BCUT2D eigenvalue weighted by Gasteiger charge is 2.18. The predicted molar refractivity (Wildman–Crippen MR) is 73.7 cm³/mol. The van der Waals surface area contributed by atoms with Crippen LogP contribution in [0.1, 0.15) is 52.9 Å². The Morgan fingerprint density at radius 1 is 1.22 bits per heavy atom. The molecule has 0 aliphatic carbocycles. The van der Waals surface area contributed by atoms with Gasteiger partial charge in [0, 0.05) is 0 Å². The second-order valence-electron chi connectivity index (χ2n) is 4.59. The summed E-state index contributed by atoms with van der Waals surface area (Å²) in [5, 5.41) is 2.92. The normalized spacial score (nSPS) is 14.2. The van der Waals surface area contributed by atoms with Crippen molar-refractivity contribution in [1.29, 1.82) is 0 Å². The zero-order valence-electron chi connectivity index (χ0n) is 12.3. The van der Waals surface area contributed by atoms with Gasteiger partial charge in [0.25, 0.3) is 0 Å². The molecule has 4 heteroatoms. The lowest BCUT2D eigenvalue weighted by Crippen LogP contribution is -2.40. The molecule has 4 nitrogen and oxygen atoms in total. The lowest BCUT2D eigenvalue weighted by atomic mass is 10.1. The maximum atomic E-state index is 11.5. The molecule has 0 radical (unpaired) electrons.